The number of hydrogen-bond acceptors (Lipinski definition) is 2. The molecule has 1 amide bonds. The average Bonchev–Trinajstić information content (AvgIpc) is 2.80. The molecule has 0 saturated heterocycles. The second-order valence-electron chi connectivity index (χ2n) is 4.87. The van der Waals surface area contributed by atoms with Crippen molar-refractivity contribution in [2.75, 3.05) is 11.9 Å². The maximum atomic E-state index is 11.2. The van der Waals surface area contributed by atoms with E-state index in [1.165, 1.54) is 25.7 Å². The zero-order valence-electron chi connectivity index (χ0n) is 10.3. The molecule has 92 valence electrons. The van der Waals surface area contributed by atoms with Gasteiger partial charge in [0.05, 0.1) is 0 Å². The summed E-state index contributed by atoms with van der Waals surface area (Å²) in [6.45, 7) is 2.94. The van der Waals surface area contributed by atoms with Crippen LogP contribution in [0.5, 0.6) is 0 Å². The minimum atomic E-state index is -0.355. The van der Waals surface area contributed by atoms with Crippen LogP contribution < -0.4 is 11.1 Å². The van der Waals surface area contributed by atoms with E-state index in [0.29, 0.717) is 5.56 Å². The lowest BCUT2D eigenvalue weighted by molar-refractivity contribution is 0.1000. The fraction of sp³-hybridized carbons (Fsp3) is 0.500. The Morgan fingerprint density at radius 1 is 1.41 bits per heavy atom. The standard InChI is InChI=1S/C14H20N2O/c1-10-12(14(15)17)7-4-8-13(10)16-9-11-5-2-3-6-11/h4,7-8,11,16H,2-3,5-6,9H2,1H3,(H2,15,17). The Morgan fingerprint density at radius 2 is 2.12 bits per heavy atom. The van der Waals surface area contributed by atoms with Crippen molar-refractivity contribution in [1.29, 1.82) is 0 Å². The van der Waals surface area contributed by atoms with Crippen LogP contribution in [-0.2, 0) is 0 Å². The van der Waals surface area contributed by atoms with Crippen molar-refractivity contribution in [3.05, 3.63) is 29.3 Å². The van der Waals surface area contributed by atoms with Gasteiger partial charge in [0.1, 0.15) is 0 Å². The van der Waals surface area contributed by atoms with Gasteiger partial charge in [-0.2, -0.15) is 0 Å². The molecule has 1 aromatic rings. The average molecular weight is 232 g/mol. The number of nitrogens with one attached hydrogen (secondary N) is 1. The molecule has 3 heteroatoms. The van der Waals surface area contributed by atoms with E-state index in [2.05, 4.69) is 5.32 Å². The van der Waals surface area contributed by atoms with E-state index in [9.17, 15) is 4.79 Å². The number of primary amides is 1. The first-order valence-electron chi connectivity index (χ1n) is 6.32. The van der Waals surface area contributed by atoms with Crippen LogP contribution in [0.4, 0.5) is 5.69 Å². The molecule has 0 heterocycles. The Kier molecular flexibility index (Phi) is 3.67. The van der Waals surface area contributed by atoms with Crippen LogP contribution in [0, 0.1) is 12.8 Å². The lowest BCUT2D eigenvalue weighted by atomic mass is 10.0. The number of hydrogen-bond donors (Lipinski definition) is 2. The minimum Gasteiger partial charge on any atom is -0.385 e. The zero-order valence-corrected chi connectivity index (χ0v) is 10.3. The van der Waals surface area contributed by atoms with E-state index in [4.69, 9.17) is 5.73 Å². The van der Waals surface area contributed by atoms with Crippen LogP contribution in [0.3, 0.4) is 0 Å². The van der Waals surface area contributed by atoms with Gasteiger partial charge in [0, 0.05) is 17.8 Å². The SMILES string of the molecule is Cc1c(NCC2CCCC2)cccc1C(N)=O. The summed E-state index contributed by atoms with van der Waals surface area (Å²) < 4.78 is 0. The molecule has 0 unspecified atom stereocenters. The highest BCUT2D eigenvalue weighted by Gasteiger charge is 2.15. The summed E-state index contributed by atoms with van der Waals surface area (Å²) >= 11 is 0. The van der Waals surface area contributed by atoms with Crippen LogP contribution in [0.25, 0.3) is 0 Å². The number of benzene rings is 1. The highest BCUT2D eigenvalue weighted by atomic mass is 16.1. The summed E-state index contributed by atoms with van der Waals surface area (Å²) in [6.07, 6.45) is 5.35. The van der Waals surface area contributed by atoms with Gasteiger partial charge < -0.3 is 11.1 Å². The van der Waals surface area contributed by atoms with Crippen LogP contribution in [0.2, 0.25) is 0 Å². The van der Waals surface area contributed by atoms with Gasteiger partial charge in [0.25, 0.3) is 0 Å². The monoisotopic (exact) mass is 232 g/mol. The first-order valence-corrected chi connectivity index (χ1v) is 6.32. The van der Waals surface area contributed by atoms with Crippen molar-refractivity contribution < 1.29 is 4.79 Å². The summed E-state index contributed by atoms with van der Waals surface area (Å²) in [7, 11) is 0. The van der Waals surface area contributed by atoms with Gasteiger partial charge in [-0.05, 0) is 43.4 Å². The first kappa shape index (κ1) is 12.0. The van der Waals surface area contributed by atoms with Crippen LogP contribution in [-0.4, -0.2) is 12.5 Å². The molecule has 0 atom stereocenters. The van der Waals surface area contributed by atoms with Crippen molar-refractivity contribution in [2.24, 2.45) is 11.7 Å². The largest absolute Gasteiger partial charge is 0.385 e. The van der Waals surface area contributed by atoms with Crippen molar-refractivity contribution in [2.45, 2.75) is 32.6 Å². The molecule has 3 nitrogen and oxygen atoms in total. The fourth-order valence-corrected chi connectivity index (χ4v) is 2.56. The molecule has 2 rings (SSSR count). The maximum Gasteiger partial charge on any atom is 0.249 e. The van der Waals surface area contributed by atoms with E-state index in [-0.39, 0.29) is 5.91 Å². The second-order valence-corrected chi connectivity index (χ2v) is 4.87. The van der Waals surface area contributed by atoms with Crippen LogP contribution >= 0.6 is 0 Å². The molecule has 1 aliphatic rings. The van der Waals surface area contributed by atoms with Crippen molar-refractivity contribution >= 4 is 11.6 Å². The molecule has 0 bridgehead atoms. The van der Waals surface area contributed by atoms with Gasteiger partial charge in [-0.1, -0.05) is 18.9 Å². The molecule has 0 spiro atoms. The lowest BCUT2D eigenvalue weighted by Gasteiger charge is -2.15. The molecule has 1 aromatic carbocycles. The number of carbonyl (C=O) groups excluding carboxylic acids is 1. The summed E-state index contributed by atoms with van der Waals surface area (Å²) in [5.41, 5.74) is 7.94. The van der Waals surface area contributed by atoms with E-state index >= 15 is 0 Å². The molecule has 1 saturated carbocycles. The molecule has 1 fully saturated rings. The third kappa shape index (κ3) is 2.78. The Bertz CT molecular complexity index is 409. The summed E-state index contributed by atoms with van der Waals surface area (Å²) in [6, 6.07) is 5.67. The number of anilines is 1. The van der Waals surface area contributed by atoms with Gasteiger partial charge in [0.15, 0.2) is 0 Å². The molecule has 1 aliphatic carbocycles. The van der Waals surface area contributed by atoms with Crippen LogP contribution in [0.1, 0.15) is 41.6 Å². The predicted octanol–water partition coefficient (Wildman–Crippen LogP) is 2.70. The fourth-order valence-electron chi connectivity index (χ4n) is 2.56. The third-order valence-electron chi connectivity index (χ3n) is 3.66. The third-order valence-corrected chi connectivity index (χ3v) is 3.66. The van der Waals surface area contributed by atoms with E-state index in [0.717, 1.165) is 23.7 Å². The number of carbonyl (C=O) groups is 1. The highest BCUT2D eigenvalue weighted by molar-refractivity contribution is 5.95. The van der Waals surface area contributed by atoms with Crippen molar-refractivity contribution in [3.8, 4) is 0 Å². The number of rotatable bonds is 4. The Hall–Kier alpha value is -1.51. The molecule has 0 aliphatic heterocycles. The van der Waals surface area contributed by atoms with Gasteiger partial charge in [-0.3, -0.25) is 4.79 Å². The molecular weight excluding hydrogens is 212 g/mol. The zero-order chi connectivity index (χ0) is 12.3. The smallest absolute Gasteiger partial charge is 0.249 e. The van der Waals surface area contributed by atoms with Gasteiger partial charge in [-0.15, -0.1) is 0 Å². The Labute approximate surface area is 102 Å². The van der Waals surface area contributed by atoms with Crippen LogP contribution in [0.15, 0.2) is 18.2 Å². The molecule has 0 radical (unpaired) electrons. The van der Waals surface area contributed by atoms with E-state index in [1.807, 2.05) is 19.1 Å². The minimum absolute atomic E-state index is 0.355. The van der Waals surface area contributed by atoms with Crippen molar-refractivity contribution in [1.82, 2.24) is 0 Å². The van der Waals surface area contributed by atoms with E-state index in [1.54, 1.807) is 6.07 Å². The molecule has 3 N–H and O–H groups in total. The Morgan fingerprint density at radius 3 is 2.76 bits per heavy atom. The Balaban J connectivity index is 2.04. The summed E-state index contributed by atoms with van der Waals surface area (Å²) in [4.78, 5) is 11.2. The predicted molar refractivity (Wildman–Crippen MR) is 70.1 cm³/mol. The lowest BCUT2D eigenvalue weighted by Crippen LogP contribution is -2.16. The van der Waals surface area contributed by atoms with Crippen molar-refractivity contribution in [3.63, 3.8) is 0 Å². The molecule has 17 heavy (non-hydrogen) atoms. The summed E-state index contributed by atoms with van der Waals surface area (Å²) in [5.74, 6) is 0.429. The number of amides is 1. The van der Waals surface area contributed by atoms with Gasteiger partial charge in [0.2, 0.25) is 5.91 Å². The van der Waals surface area contributed by atoms with E-state index < -0.39 is 0 Å². The summed E-state index contributed by atoms with van der Waals surface area (Å²) in [5, 5.41) is 3.44. The molecular formula is C14H20N2O. The first-order chi connectivity index (χ1) is 8.18. The quantitative estimate of drug-likeness (QED) is 0.838. The maximum absolute atomic E-state index is 11.2. The topological polar surface area (TPSA) is 55.1 Å². The highest BCUT2D eigenvalue weighted by Crippen LogP contribution is 2.26. The number of nitrogens with two attached hydrogens (primary N) is 1. The van der Waals surface area contributed by atoms with Gasteiger partial charge in [-0.25, -0.2) is 0 Å². The molecule has 0 aromatic heterocycles. The second kappa shape index (κ2) is 5.21. The van der Waals surface area contributed by atoms with Gasteiger partial charge >= 0.3 is 0 Å². The normalized spacial score (nSPS) is 16.1.